The van der Waals surface area contributed by atoms with Crippen molar-refractivity contribution in [1.82, 2.24) is 4.98 Å². The lowest BCUT2D eigenvalue weighted by molar-refractivity contribution is 0.0601. The number of ether oxygens (including phenoxy) is 1. The van der Waals surface area contributed by atoms with E-state index in [9.17, 15) is 9.59 Å². The number of fused-ring (bicyclic) bond motifs is 1. The van der Waals surface area contributed by atoms with Crippen LogP contribution in [0, 0.1) is 0 Å². The number of pyridine rings is 1. The molecule has 1 amide bonds. The number of nitrogens with one attached hydrogen (secondary N) is 1. The van der Waals surface area contributed by atoms with Gasteiger partial charge in [-0.2, -0.15) is 0 Å². The van der Waals surface area contributed by atoms with E-state index in [0.29, 0.717) is 16.1 Å². The minimum absolute atomic E-state index is 0.287. The average molecular weight is 409 g/mol. The molecular weight excluding hydrogens is 392 g/mol. The molecule has 0 atom stereocenters. The van der Waals surface area contributed by atoms with Gasteiger partial charge in [0.2, 0.25) is 0 Å². The third-order valence-corrected chi connectivity index (χ3v) is 5.65. The van der Waals surface area contributed by atoms with Gasteiger partial charge in [-0.3, -0.25) is 9.78 Å². The summed E-state index contributed by atoms with van der Waals surface area (Å²) in [6, 6.07) is 1.69. The molecule has 1 N–H and O–H groups in total. The molecule has 0 spiro atoms. The zero-order valence-electron chi connectivity index (χ0n) is 13.2. The lowest BCUT2D eigenvalue weighted by Gasteiger charge is -2.07. The number of rotatable bonds is 3. The standard InChI is InChI=1S/C17H17BrN2O3S/c1-23-17(22)14-12-5-3-2-4-6-13(12)24-16(14)20-15(21)10-7-11(18)9-19-8-10/h7-9H,2-6H2,1H3,(H,20,21). The second-order valence-electron chi connectivity index (χ2n) is 5.61. The van der Waals surface area contributed by atoms with Gasteiger partial charge in [0.1, 0.15) is 5.00 Å². The van der Waals surface area contributed by atoms with E-state index < -0.39 is 5.97 Å². The number of carbonyl (C=O) groups is 2. The Bertz CT molecular complexity index is 788. The van der Waals surface area contributed by atoms with E-state index in [4.69, 9.17) is 4.74 Å². The first-order chi connectivity index (χ1) is 11.6. The maximum atomic E-state index is 12.5. The van der Waals surface area contributed by atoms with Crippen LogP contribution in [-0.2, 0) is 17.6 Å². The summed E-state index contributed by atoms with van der Waals surface area (Å²) < 4.78 is 5.67. The number of halogens is 1. The third-order valence-electron chi connectivity index (χ3n) is 4.00. The second-order valence-corrected chi connectivity index (χ2v) is 7.63. The molecule has 3 rings (SSSR count). The maximum absolute atomic E-state index is 12.5. The number of aromatic nitrogens is 1. The molecule has 0 saturated heterocycles. The number of anilines is 1. The summed E-state index contributed by atoms with van der Waals surface area (Å²) >= 11 is 4.79. The molecule has 5 nitrogen and oxygen atoms in total. The number of esters is 1. The Labute approximate surface area is 152 Å². The molecular formula is C17H17BrN2O3S. The van der Waals surface area contributed by atoms with Crippen LogP contribution >= 0.6 is 27.3 Å². The molecule has 0 bridgehead atoms. The predicted octanol–water partition coefficient (Wildman–Crippen LogP) is 4.21. The highest BCUT2D eigenvalue weighted by atomic mass is 79.9. The Morgan fingerprint density at radius 3 is 2.79 bits per heavy atom. The van der Waals surface area contributed by atoms with E-state index in [1.54, 1.807) is 12.3 Å². The van der Waals surface area contributed by atoms with Crippen LogP contribution in [0.25, 0.3) is 0 Å². The summed E-state index contributed by atoms with van der Waals surface area (Å²) in [7, 11) is 1.37. The van der Waals surface area contributed by atoms with Crippen molar-refractivity contribution in [2.45, 2.75) is 32.1 Å². The highest BCUT2D eigenvalue weighted by Gasteiger charge is 2.26. The molecule has 0 fully saturated rings. The normalized spacial score (nSPS) is 13.8. The van der Waals surface area contributed by atoms with Crippen LogP contribution in [0.1, 0.15) is 50.4 Å². The largest absolute Gasteiger partial charge is 0.465 e. The SMILES string of the molecule is COC(=O)c1c(NC(=O)c2cncc(Br)c2)sc2c1CCCCC2. The smallest absolute Gasteiger partial charge is 0.341 e. The van der Waals surface area contributed by atoms with Crippen LogP contribution in [0.3, 0.4) is 0 Å². The Morgan fingerprint density at radius 1 is 1.25 bits per heavy atom. The molecule has 1 aliphatic rings. The highest BCUT2D eigenvalue weighted by Crippen LogP contribution is 2.38. The minimum atomic E-state index is -0.392. The van der Waals surface area contributed by atoms with E-state index >= 15 is 0 Å². The Balaban J connectivity index is 1.95. The zero-order valence-corrected chi connectivity index (χ0v) is 15.6. The lowest BCUT2D eigenvalue weighted by Crippen LogP contribution is -2.15. The van der Waals surface area contributed by atoms with Crippen molar-refractivity contribution in [2.24, 2.45) is 0 Å². The average Bonchev–Trinajstić information content (AvgIpc) is 2.75. The van der Waals surface area contributed by atoms with Crippen molar-refractivity contribution in [3.8, 4) is 0 Å². The van der Waals surface area contributed by atoms with E-state index in [1.165, 1.54) is 29.5 Å². The molecule has 7 heteroatoms. The number of amides is 1. The topological polar surface area (TPSA) is 68.3 Å². The van der Waals surface area contributed by atoms with Crippen molar-refractivity contribution >= 4 is 44.1 Å². The molecule has 0 aromatic carbocycles. The number of methoxy groups -OCH3 is 1. The Morgan fingerprint density at radius 2 is 2.04 bits per heavy atom. The van der Waals surface area contributed by atoms with Crippen molar-refractivity contribution in [3.05, 3.63) is 44.5 Å². The summed E-state index contributed by atoms with van der Waals surface area (Å²) in [5.41, 5.74) is 1.98. The lowest BCUT2D eigenvalue weighted by atomic mass is 10.1. The summed E-state index contributed by atoms with van der Waals surface area (Å²) in [4.78, 5) is 29.9. The van der Waals surface area contributed by atoms with Crippen molar-refractivity contribution < 1.29 is 14.3 Å². The molecule has 2 heterocycles. The Kier molecular flexibility index (Phi) is 5.30. The molecule has 2 aromatic rings. The molecule has 0 aliphatic heterocycles. The van der Waals surface area contributed by atoms with E-state index in [-0.39, 0.29) is 5.91 Å². The summed E-state index contributed by atoms with van der Waals surface area (Å²) in [5.74, 6) is -0.678. The maximum Gasteiger partial charge on any atom is 0.341 e. The van der Waals surface area contributed by atoms with Crippen LogP contribution in [0.4, 0.5) is 5.00 Å². The van der Waals surface area contributed by atoms with Crippen LogP contribution in [0.2, 0.25) is 0 Å². The number of nitrogens with zero attached hydrogens (tertiary/aromatic N) is 1. The zero-order chi connectivity index (χ0) is 17.1. The van der Waals surface area contributed by atoms with Crippen LogP contribution in [0.5, 0.6) is 0 Å². The quantitative estimate of drug-likeness (QED) is 0.609. The van der Waals surface area contributed by atoms with E-state index in [2.05, 4.69) is 26.2 Å². The van der Waals surface area contributed by atoms with Crippen molar-refractivity contribution in [2.75, 3.05) is 12.4 Å². The third kappa shape index (κ3) is 3.52. The first kappa shape index (κ1) is 17.1. The first-order valence-electron chi connectivity index (χ1n) is 7.75. The van der Waals surface area contributed by atoms with Gasteiger partial charge in [0, 0.05) is 21.7 Å². The first-order valence-corrected chi connectivity index (χ1v) is 9.36. The molecule has 1 aliphatic carbocycles. The summed E-state index contributed by atoms with van der Waals surface area (Å²) in [5, 5.41) is 3.43. The number of aryl methyl sites for hydroxylation is 1. The summed E-state index contributed by atoms with van der Waals surface area (Å²) in [6.07, 6.45) is 8.23. The van der Waals surface area contributed by atoms with E-state index in [1.807, 2.05) is 0 Å². The molecule has 126 valence electrons. The van der Waals surface area contributed by atoms with Gasteiger partial charge in [-0.1, -0.05) is 6.42 Å². The van der Waals surface area contributed by atoms with Gasteiger partial charge >= 0.3 is 5.97 Å². The summed E-state index contributed by atoms with van der Waals surface area (Å²) in [6.45, 7) is 0. The van der Waals surface area contributed by atoms with Crippen LogP contribution in [0.15, 0.2) is 22.9 Å². The molecule has 2 aromatic heterocycles. The Hall–Kier alpha value is -1.73. The van der Waals surface area contributed by atoms with E-state index in [0.717, 1.165) is 42.1 Å². The number of hydrogen-bond acceptors (Lipinski definition) is 5. The molecule has 0 saturated carbocycles. The predicted molar refractivity (Wildman–Crippen MR) is 96.8 cm³/mol. The fourth-order valence-corrected chi connectivity index (χ4v) is 4.50. The fraction of sp³-hybridized carbons (Fsp3) is 0.353. The minimum Gasteiger partial charge on any atom is -0.465 e. The van der Waals surface area contributed by atoms with Gasteiger partial charge in [0.05, 0.1) is 18.2 Å². The van der Waals surface area contributed by atoms with Crippen LogP contribution < -0.4 is 5.32 Å². The fourth-order valence-electron chi connectivity index (χ4n) is 2.86. The molecule has 24 heavy (non-hydrogen) atoms. The monoisotopic (exact) mass is 408 g/mol. The number of hydrogen-bond donors (Lipinski definition) is 1. The number of carbonyl (C=O) groups excluding carboxylic acids is 2. The molecule has 0 radical (unpaired) electrons. The van der Waals surface area contributed by atoms with Crippen LogP contribution in [-0.4, -0.2) is 24.0 Å². The van der Waals surface area contributed by atoms with Crippen molar-refractivity contribution in [1.29, 1.82) is 0 Å². The van der Waals surface area contributed by atoms with Gasteiger partial charge in [-0.25, -0.2) is 4.79 Å². The van der Waals surface area contributed by atoms with Gasteiger partial charge in [0.25, 0.3) is 5.91 Å². The van der Waals surface area contributed by atoms with Gasteiger partial charge in [0.15, 0.2) is 0 Å². The van der Waals surface area contributed by atoms with Gasteiger partial charge < -0.3 is 10.1 Å². The highest BCUT2D eigenvalue weighted by molar-refractivity contribution is 9.10. The van der Waals surface area contributed by atoms with Gasteiger partial charge in [-0.05, 0) is 53.2 Å². The van der Waals surface area contributed by atoms with Gasteiger partial charge in [-0.15, -0.1) is 11.3 Å². The molecule has 0 unspecified atom stereocenters. The van der Waals surface area contributed by atoms with Crippen molar-refractivity contribution in [3.63, 3.8) is 0 Å². The number of thiophene rings is 1. The second kappa shape index (κ2) is 7.44.